The van der Waals surface area contributed by atoms with Crippen LogP contribution in [0.3, 0.4) is 0 Å². The highest BCUT2D eigenvalue weighted by Crippen LogP contribution is 2.10. The Morgan fingerprint density at radius 2 is 0.805 bits per heavy atom. The fourth-order valence-corrected chi connectivity index (χ4v) is 3.92. The number of benzene rings is 2. The quantitative estimate of drug-likeness (QED) is 0.173. The van der Waals surface area contributed by atoms with E-state index in [0.717, 1.165) is 11.1 Å². The number of amides is 2. The Labute approximate surface area is 238 Å². The largest absolute Gasteiger partial charge is 0.480 e. The Balaban J connectivity index is 1.98. The lowest BCUT2D eigenvalue weighted by molar-refractivity contribution is -0.140. The molecule has 0 radical (unpaired) electrons. The number of nitrogens with one attached hydrogen (secondary N) is 2. The number of carbonyl (C=O) groups excluding carboxylic acids is 2. The SMILES string of the molecule is Cc1ccc(NC(=O)CN(CCN(CCN(CC(=O)O)CC(=O)Nc2ccc(C)cc2)CC(=O)O)CC(=O)O)cc1. The van der Waals surface area contributed by atoms with E-state index in [4.69, 9.17) is 0 Å². The molecule has 41 heavy (non-hydrogen) atoms. The van der Waals surface area contributed by atoms with Crippen molar-refractivity contribution in [2.45, 2.75) is 13.8 Å². The lowest BCUT2D eigenvalue weighted by Crippen LogP contribution is -2.46. The minimum Gasteiger partial charge on any atom is -0.480 e. The lowest BCUT2D eigenvalue weighted by atomic mass is 10.2. The van der Waals surface area contributed by atoms with E-state index in [1.165, 1.54) is 14.7 Å². The number of aliphatic carboxylic acids is 3. The Morgan fingerprint density at radius 1 is 0.512 bits per heavy atom. The Kier molecular flexibility index (Phi) is 13.4. The molecule has 0 saturated carbocycles. The van der Waals surface area contributed by atoms with Crippen LogP contribution in [-0.2, 0) is 24.0 Å². The van der Waals surface area contributed by atoms with Crippen molar-refractivity contribution >= 4 is 41.1 Å². The molecule has 0 bridgehead atoms. The second-order valence-corrected chi connectivity index (χ2v) is 9.71. The van der Waals surface area contributed by atoms with E-state index in [9.17, 15) is 39.3 Å². The zero-order valence-corrected chi connectivity index (χ0v) is 23.2. The smallest absolute Gasteiger partial charge is 0.317 e. The van der Waals surface area contributed by atoms with Crippen molar-refractivity contribution in [3.63, 3.8) is 0 Å². The number of aryl methyl sites for hydroxylation is 2. The summed E-state index contributed by atoms with van der Waals surface area (Å²) in [5.41, 5.74) is 3.16. The molecule has 2 amide bonds. The monoisotopic (exact) mass is 571 g/mol. The van der Waals surface area contributed by atoms with Crippen molar-refractivity contribution in [2.24, 2.45) is 0 Å². The van der Waals surface area contributed by atoms with Gasteiger partial charge in [0, 0.05) is 37.6 Å². The number of rotatable bonds is 18. The van der Waals surface area contributed by atoms with Gasteiger partial charge in [-0.2, -0.15) is 0 Å². The van der Waals surface area contributed by atoms with Crippen LogP contribution in [0.1, 0.15) is 11.1 Å². The fraction of sp³-hybridized carbons (Fsp3) is 0.393. The predicted molar refractivity (Wildman–Crippen MR) is 152 cm³/mol. The third-order valence-corrected chi connectivity index (χ3v) is 5.95. The minimum absolute atomic E-state index is 0.0632. The van der Waals surface area contributed by atoms with Gasteiger partial charge in [0.15, 0.2) is 0 Å². The highest BCUT2D eigenvalue weighted by Gasteiger charge is 2.20. The summed E-state index contributed by atoms with van der Waals surface area (Å²) < 4.78 is 0. The molecule has 0 aliphatic heterocycles. The third-order valence-electron chi connectivity index (χ3n) is 5.95. The molecular formula is C28H37N5O8. The van der Waals surface area contributed by atoms with Crippen LogP contribution < -0.4 is 10.6 Å². The van der Waals surface area contributed by atoms with E-state index in [0.29, 0.717) is 11.4 Å². The van der Waals surface area contributed by atoms with Crippen LogP contribution in [0.25, 0.3) is 0 Å². The average Bonchev–Trinajstić information content (AvgIpc) is 2.87. The van der Waals surface area contributed by atoms with Crippen LogP contribution in [0, 0.1) is 13.8 Å². The van der Waals surface area contributed by atoms with Gasteiger partial charge >= 0.3 is 17.9 Å². The zero-order chi connectivity index (χ0) is 30.4. The van der Waals surface area contributed by atoms with E-state index in [1.54, 1.807) is 24.3 Å². The van der Waals surface area contributed by atoms with Gasteiger partial charge in [-0.15, -0.1) is 0 Å². The third kappa shape index (κ3) is 14.0. The second-order valence-electron chi connectivity index (χ2n) is 9.71. The summed E-state index contributed by atoms with van der Waals surface area (Å²) in [6.45, 7) is 2.39. The van der Waals surface area contributed by atoms with Gasteiger partial charge in [0.05, 0.1) is 32.7 Å². The number of carbonyl (C=O) groups is 5. The van der Waals surface area contributed by atoms with Gasteiger partial charge in [0.25, 0.3) is 0 Å². The maximum absolute atomic E-state index is 12.5. The Bertz CT molecular complexity index is 1100. The topological polar surface area (TPSA) is 180 Å². The number of hydrogen-bond donors (Lipinski definition) is 5. The van der Waals surface area contributed by atoms with Gasteiger partial charge in [-0.25, -0.2) is 0 Å². The first-order chi connectivity index (χ1) is 19.4. The fourth-order valence-electron chi connectivity index (χ4n) is 3.92. The van der Waals surface area contributed by atoms with Gasteiger partial charge in [-0.3, -0.25) is 38.7 Å². The second kappa shape index (κ2) is 16.7. The Morgan fingerprint density at radius 3 is 1.12 bits per heavy atom. The molecule has 0 saturated heterocycles. The van der Waals surface area contributed by atoms with Crippen LogP contribution in [0.2, 0.25) is 0 Å². The van der Waals surface area contributed by atoms with E-state index >= 15 is 0 Å². The van der Waals surface area contributed by atoms with Crippen molar-refractivity contribution in [1.29, 1.82) is 0 Å². The van der Waals surface area contributed by atoms with Gasteiger partial charge in [-0.1, -0.05) is 35.4 Å². The molecule has 2 aromatic carbocycles. The molecule has 13 nitrogen and oxygen atoms in total. The van der Waals surface area contributed by atoms with Gasteiger partial charge < -0.3 is 26.0 Å². The molecule has 0 spiro atoms. The van der Waals surface area contributed by atoms with Crippen LogP contribution in [-0.4, -0.2) is 119 Å². The molecule has 0 aliphatic carbocycles. The normalized spacial score (nSPS) is 11.0. The lowest BCUT2D eigenvalue weighted by Gasteiger charge is -2.28. The first kappa shape index (κ1) is 32.9. The van der Waals surface area contributed by atoms with Crippen LogP contribution in [0.5, 0.6) is 0 Å². The minimum atomic E-state index is -1.15. The summed E-state index contributed by atoms with van der Waals surface area (Å²) in [5, 5.41) is 33.4. The summed E-state index contributed by atoms with van der Waals surface area (Å²) in [6.07, 6.45) is 0. The molecule has 5 N–H and O–H groups in total. The molecule has 222 valence electrons. The van der Waals surface area contributed by atoms with Crippen molar-refractivity contribution < 1.29 is 39.3 Å². The summed E-state index contributed by atoms with van der Waals surface area (Å²) in [5.74, 6) is -4.27. The standard InChI is InChI=1S/C28H37N5O8/c1-20-3-7-22(8-4-20)29-24(34)15-32(18-27(38)39)13-11-31(17-26(36)37)12-14-33(19-28(40)41)16-25(35)30-23-9-5-21(2)6-10-23/h3-10H,11-19H2,1-2H3,(H,29,34)(H,30,35)(H,36,37)(H,38,39)(H,40,41). The molecule has 0 atom stereocenters. The van der Waals surface area contributed by atoms with E-state index in [2.05, 4.69) is 10.6 Å². The number of hydrogen-bond acceptors (Lipinski definition) is 8. The predicted octanol–water partition coefficient (Wildman–Crippen LogP) is 1.04. The summed E-state index contributed by atoms with van der Waals surface area (Å²) in [6, 6.07) is 14.2. The molecule has 13 heteroatoms. The number of nitrogens with zero attached hydrogens (tertiary/aromatic N) is 3. The van der Waals surface area contributed by atoms with Crippen molar-refractivity contribution in [1.82, 2.24) is 14.7 Å². The summed E-state index contributed by atoms with van der Waals surface area (Å²) in [4.78, 5) is 63.6. The highest BCUT2D eigenvalue weighted by atomic mass is 16.4. The Hall–Kier alpha value is -4.33. The zero-order valence-electron chi connectivity index (χ0n) is 23.2. The average molecular weight is 572 g/mol. The molecule has 0 fully saturated rings. The van der Waals surface area contributed by atoms with Crippen LogP contribution >= 0.6 is 0 Å². The molecule has 2 aromatic rings. The number of carboxylic acid groups (broad SMARTS) is 3. The molecule has 2 rings (SSSR count). The maximum atomic E-state index is 12.5. The number of carboxylic acids is 3. The van der Waals surface area contributed by atoms with E-state index < -0.39 is 49.4 Å². The number of anilines is 2. The first-order valence-electron chi connectivity index (χ1n) is 12.9. The molecule has 0 heterocycles. The van der Waals surface area contributed by atoms with Gasteiger partial charge in [0.1, 0.15) is 0 Å². The van der Waals surface area contributed by atoms with Crippen molar-refractivity contribution in [3.8, 4) is 0 Å². The van der Waals surface area contributed by atoms with E-state index in [1.807, 2.05) is 38.1 Å². The molecule has 0 aromatic heterocycles. The van der Waals surface area contributed by atoms with Crippen LogP contribution in [0.15, 0.2) is 48.5 Å². The van der Waals surface area contributed by atoms with Gasteiger partial charge in [-0.05, 0) is 38.1 Å². The summed E-state index contributed by atoms with van der Waals surface area (Å²) >= 11 is 0. The van der Waals surface area contributed by atoms with Crippen molar-refractivity contribution in [2.75, 3.05) is 69.5 Å². The first-order valence-corrected chi connectivity index (χ1v) is 12.9. The summed E-state index contributed by atoms with van der Waals surface area (Å²) in [7, 11) is 0. The maximum Gasteiger partial charge on any atom is 0.317 e. The van der Waals surface area contributed by atoms with Crippen molar-refractivity contribution in [3.05, 3.63) is 59.7 Å². The molecule has 0 unspecified atom stereocenters. The highest BCUT2D eigenvalue weighted by molar-refractivity contribution is 5.93. The van der Waals surface area contributed by atoms with Crippen LogP contribution in [0.4, 0.5) is 11.4 Å². The molecular weight excluding hydrogens is 534 g/mol. The molecule has 0 aliphatic rings. The van der Waals surface area contributed by atoms with Gasteiger partial charge in [0.2, 0.25) is 11.8 Å². The van der Waals surface area contributed by atoms with E-state index in [-0.39, 0.29) is 39.3 Å².